The highest BCUT2D eigenvalue weighted by Gasteiger charge is 2.25. The zero-order valence-corrected chi connectivity index (χ0v) is 14.0. The highest BCUT2D eigenvalue weighted by Crippen LogP contribution is 2.29. The molecule has 0 aliphatic carbocycles. The van der Waals surface area contributed by atoms with E-state index in [-0.39, 0.29) is 0 Å². The number of rotatable bonds is 3. The minimum atomic E-state index is 0.341. The van der Waals surface area contributed by atoms with Crippen molar-refractivity contribution in [1.82, 2.24) is 9.80 Å². The van der Waals surface area contributed by atoms with Gasteiger partial charge in [0, 0.05) is 19.5 Å². The van der Waals surface area contributed by atoms with Gasteiger partial charge in [-0.1, -0.05) is 20.8 Å². The van der Waals surface area contributed by atoms with Crippen LogP contribution in [0.3, 0.4) is 0 Å². The number of nitrogens with zero attached hydrogens (tertiary/aromatic N) is 2. The molecule has 0 aromatic carbocycles. The van der Waals surface area contributed by atoms with Crippen LogP contribution >= 0.6 is 0 Å². The van der Waals surface area contributed by atoms with Gasteiger partial charge in [0.25, 0.3) is 0 Å². The molecule has 2 rings (SSSR count). The van der Waals surface area contributed by atoms with Crippen LogP contribution in [0.25, 0.3) is 0 Å². The van der Waals surface area contributed by atoms with Gasteiger partial charge in [-0.05, 0) is 64.1 Å². The first kappa shape index (κ1) is 17.5. The van der Waals surface area contributed by atoms with Gasteiger partial charge in [0.15, 0.2) is 0 Å². The topological polar surface area (TPSA) is 23.6 Å². The van der Waals surface area contributed by atoms with Crippen LogP contribution in [0.4, 0.5) is 0 Å². The highest BCUT2D eigenvalue weighted by molar-refractivity contribution is 5.75. The van der Waals surface area contributed by atoms with Gasteiger partial charge in [0.05, 0.1) is 0 Å². The number of amides is 1. The second-order valence-corrected chi connectivity index (χ2v) is 6.16. The number of hydrogen-bond donors (Lipinski definition) is 0. The summed E-state index contributed by atoms with van der Waals surface area (Å²) in [4.78, 5) is 16.1. The lowest BCUT2D eigenvalue weighted by atomic mass is 9.83. The van der Waals surface area contributed by atoms with E-state index in [4.69, 9.17) is 0 Å². The van der Waals surface area contributed by atoms with Crippen molar-refractivity contribution < 1.29 is 4.79 Å². The number of likely N-dealkylation sites (tertiary alicyclic amines) is 2. The molecule has 0 saturated carbocycles. The molecule has 2 saturated heterocycles. The minimum absolute atomic E-state index is 0.341. The van der Waals surface area contributed by atoms with E-state index in [0.29, 0.717) is 12.3 Å². The zero-order valence-electron chi connectivity index (χ0n) is 14.0. The third kappa shape index (κ3) is 5.43. The predicted octanol–water partition coefficient (Wildman–Crippen LogP) is 3.39. The Morgan fingerprint density at radius 2 is 1.40 bits per heavy atom. The second kappa shape index (κ2) is 9.38. The van der Waals surface area contributed by atoms with Crippen molar-refractivity contribution >= 4 is 5.91 Å². The average molecular weight is 282 g/mol. The maximum Gasteiger partial charge on any atom is 0.222 e. The van der Waals surface area contributed by atoms with Gasteiger partial charge in [-0.25, -0.2) is 0 Å². The molecule has 0 N–H and O–H groups in total. The first-order valence-corrected chi connectivity index (χ1v) is 8.65. The third-order valence-corrected chi connectivity index (χ3v) is 4.77. The van der Waals surface area contributed by atoms with E-state index in [9.17, 15) is 4.79 Å². The quantitative estimate of drug-likeness (QED) is 0.792. The Balaban J connectivity index is 0.000000956. The molecule has 2 aliphatic heterocycles. The summed E-state index contributed by atoms with van der Waals surface area (Å²) >= 11 is 0. The molecule has 2 heterocycles. The van der Waals surface area contributed by atoms with E-state index in [1.54, 1.807) is 0 Å². The summed E-state index contributed by atoms with van der Waals surface area (Å²) in [5.74, 6) is 2.16. The van der Waals surface area contributed by atoms with Crippen molar-refractivity contribution in [2.75, 3.05) is 33.2 Å². The molecule has 2 aliphatic rings. The van der Waals surface area contributed by atoms with Crippen molar-refractivity contribution in [3.8, 4) is 0 Å². The first-order valence-electron chi connectivity index (χ1n) is 8.65. The molecule has 0 aromatic heterocycles. The van der Waals surface area contributed by atoms with Gasteiger partial charge in [0.1, 0.15) is 0 Å². The fourth-order valence-electron chi connectivity index (χ4n) is 3.41. The van der Waals surface area contributed by atoms with Crippen molar-refractivity contribution in [1.29, 1.82) is 0 Å². The summed E-state index contributed by atoms with van der Waals surface area (Å²) in [6.45, 7) is 10.5. The zero-order chi connectivity index (χ0) is 15.0. The lowest BCUT2D eigenvalue weighted by molar-refractivity contribution is -0.132. The van der Waals surface area contributed by atoms with Crippen LogP contribution in [-0.4, -0.2) is 48.9 Å². The lowest BCUT2D eigenvalue weighted by Crippen LogP contribution is -2.39. The second-order valence-electron chi connectivity index (χ2n) is 6.16. The Labute approximate surface area is 125 Å². The van der Waals surface area contributed by atoms with Crippen molar-refractivity contribution in [3.05, 3.63) is 0 Å². The largest absolute Gasteiger partial charge is 0.343 e. The van der Waals surface area contributed by atoms with Crippen molar-refractivity contribution in [2.24, 2.45) is 11.8 Å². The van der Waals surface area contributed by atoms with Gasteiger partial charge >= 0.3 is 0 Å². The van der Waals surface area contributed by atoms with Gasteiger partial charge in [0.2, 0.25) is 5.91 Å². The van der Waals surface area contributed by atoms with Crippen LogP contribution in [0, 0.1) is 11.8 Å². The summed E-state index contributed by atoms with van der Waals surface area (Å²) in [7, 11) is 2.23. The highest BCUT2D eigenvalue weighted by atomic mass is 16.2. The molecule has 0 radical (unpaired) electrons. The summed E-state index contributed by atoms with van der Waals surface area (Å²) in [5, 5.41) is 0. The maximum atomic E-state index is 11.6. The number of carbonyl (C=O) groups excluding carboxylic acids is 1. The molecule has 3 heteroatoms. The van der Waals surface area contributed by atoms with E-state index < -0.39 is 0 Å². The van der Waals surface area contributed by atoms with Crippen LogP contribution in [0.1, 0.15) is 59.3 Å². The normalized spacial score (nSPS) is 22.3. The summed E-state index contributed by atoms with van der Waals surface area (Å²) < 4.78 is 0. The monoisotopic (exact) mass is 282 g/mol. The first-order chi connectivity index (χ1) is 9.69. The Bertz CT molecular complexity index is 264. The van der Waals surface area contributed by atoms with Crippen molar-refractivity contribution in [3.63, 3.8) is 0 Å². The molecule has 1 amide bonds. The Morgan fingerprint density at radius 1 is 0.950 bits per heavy atom. The molecular weight excluding hydrogens is 248 g/mol. The van der Waals surface area contributed by atoms with E-state index in [1.807, 2.05) is 20.8 Å². The standard InChI is InChI=1S/C15H28N2O.C2H6/c1-3-15(18)17-10-6-14(7-11-17)12-13-4-8-16(2)9-5-13;1-2/h13-14H,3-12H2,1-2H3;1-2H3. The minimum Gasteiger partial charge on any atom is -0.343 e. The summed E-state index contributed by atoms with van der Waals surface area (Å²) in [5.41, 5.74) is 0. The van der Waals surface area contributed by atoms with Crippen molar-refractivity contribution in [2.45, 2.75) is 59.3 Å². The van der Waals surface area contributed by atoms with Gasteiger partial charge in [-0.15, -0.1) is 0 Å². The van der Waals surface area contributed by atoms with E-state index in [2.05, 4.69) is 16.8 Å². The summed E-state index contributed by atoms with van der Waals surface area (Å²) in [6, 6.07) is 0. The van der Waals surface area contributed by atoms with Crippen LogP contribution < -0.4 is 0 Å². The fourth-order valence-corrected chi connectivity index (χ4v) is 3.41. The maximum absolute atomic E-state index is 11.6. The molecule has 118 valence electrons. The third-order valence-electron chi connectivity index (χ3n) is 4.77. The molecule has 0 spiro atoms. The SMILES string of the molecule is CC.CCC(=O)N1CCC(CC2CCN(C)CC2)CC1. The molecule has 0 unspecified atom stereocenters. The summed E-state index contributed by atoms with van der Waals surface area (Å²) in [6.07, 6.45) is 7.30. The predicted molar refractivity (Wildman–Crippen MR) is 85.8 cm³/mol. The van der Waals surface area contributed by atoms with E-state index >= 15 is 0 Å². The Hall–Kier alpha value is -0.570. The molecule has 0 bridgehead atoms. The van der Waals surface area contributed by atoms with Crippen LogP contribution in [0.5, 0.6) is 0 Å². The smallest absolute Gasteiger partial charge is 0.222 e. The van der Waals surface area contributed by atoms with E-state index in [1.165, 1.54) is 45.2 Å². The Morgan fingerprint density at radius 3 is 1.85 bits per heavy atom. The number of carbonyl (C=O) groups is 1. The van der Waals surface area contributed by atoms with Crippen LogP contribution in [-0.2, 0) is 4.79 Å². The van der Waals surface area contributed by atoms with Gasteiger partial charge in [-0.3, -0.25) is 4.79 Å². The van der Waals surface area contributed by atoms with Gasteiger partial charge < -0.3 is 9.80 Å². The van der Waals surface area contributed by atoms with E-state index in [0.717, 1.165) is 24.9 Å². The molecular formula is C17H34N2O. The number of piperidine rings is 2. The lowest BCUT2D eigenvalue weighted by Gasteiger charge is -2.35. The average Bonchev–Trinajstić information content (AvgIpc) is 2.51. The van der Waals surface area contributed by atoms with Gasteiger partial charge in [-0.2, -0.15) is 0 Å². The fraction of sp³-hybridized carbons (Fsp3) is 0.941. The van der Waals surface area contributed by atoms with Crippen LogP contribution in [0.2, 0.25) is 0 Å². The molecule has 20 heavy (non-hydrogen) atoms. The molecule has 0 atom stereocenters. The Kier molecular flexibility index (Phi) is 8.20. The number of hydrogen-bond acceptors (Lipinski definition) is 2. The molecule has 0 aromatic rings. The van der Waals surface area contributed by atoms with Crippen LogP contribution in [0.15, 0.2) is 0 Å². The molecule has 3 nitrogen and oxygen atoms in total. The molecule has 2 fully saturated rings.